The number of nitrogens with one attached hydrogen (secondary N) is 2. The van der Waals surface area contributed by atoms with Gasteiger partial charge in [-0.3, -0.25) is 0 Å². The number of hydrogen-bond donors (Lipinski definition) is 2. The average Bonchev–Trinajstić information content (AvgIpc) is 2.19. The van der Waals surface area contributed by atoms with Crippen molar-refractivity contribution in [2.24, 2.45) is 0 Å². The third-order valence-electron chi connectivity index (χ3n) is 2.20. The van der Waals surface area contributed by atoms with Crippen LogP contribution in [0.15, 0.2) is 24.3 Å². The summed E-state index contributed by atoms with van der Waals surface area (Å²) in [6.07, 6.45) is 0. The maximum absolute atomic E-state index is 5.82. The highest BCUT2D eigenvalue weighted by atomic mass is 35.5. The lowest BCUT2D eigenvalue weighted by Crippen LogP contribution is -2.40. The second-order valence-corrected chi connectivity index (χ2v) is 5.42. The molecule has 90 valence electrons. The Morgan fingerprint density at radius 1 is 1.06 bits per heavy atom. The Bertz CT molecular complexity index is 301. The highest BCUT2D eigenvalue weighted by molar-refractivity contribution is 6.30. The fraction of sp³-hybridized carbons (Fsp3) is 0.538. The molecule has 0 unspecified atom stereocenters. The minimum Gasteiger partial charge on any atom is -0.311 e. The molecule has 1 aromatic rings. The lowest BCUT2D eigenvalue weighted by Gasteiger charge is -2.20. The van der Waals surface area contributed by atoms with Gasteiger partial charge in [-0.2, -0.15) is 0 Å². The van der Waals surface area contributed by atoms with Crippen LogP contribution in [0, 0.1) is 0 Å². The van der Waals surface area contributed by atoms with E-state index in [1.54, 1.807) is 0 Å². The molecule has 0 aromatic heterocycles. The average molecular weight is 241 g/mol. The fourth-order valence-electron chi connectivity index (χ4n) is 1.36. The van der Waals surface area contributed by atoms with Crippen LogP contribution in [-0.4, -0.2) is 18.6 Å². The minimum atomic E-state index is 0.196. The van der Waals surface area contributed by atoms with Crippen LogP contribution in [0.25, 0.3) is 0 Å². The first-order valence-corrected chi connectivity index (χ1v) is 6.05. The van der Waals surface area contributed by atoms with E-state index in [-0.39, 0.29) is 5.54 Å². The number of halogens is 1. The van der Waals surface area contributed by atoms with Gasteiger partial charge in [0.1, 0.15) is 0 Å². The van der Waals surface area contributed by atoms with Gasteiger partial charge in [-0.25, -0.2) is 0 Å². The molecule has 16 heavy (non-hydrogen) atoms. The van der Waals surface area contributed by atoms with Gasteiger partial charge in [0.15, 0.2) is 0 Å². The maximum atomic E-state index is 5.82. The predicted molar refractivity (Wildman–Crippen MR) is 70.9 cm³/mol. The van der Waals surface area contributed by atoms with E-state index in [4.69, 9.17) is 11.6 Å². The van der Waals surface area contributed by atoms with E-state index in [9.17, 15) is 0 Å². The van der Waals surface area contributed by atoms with Gasteiger partial charge in [0.2, 0.25) is 0 Å². The van der Waals surface area contributed by atoms with Crippen LogP contribution >= 0.6 is 11.6 Å². The smallest absolute Gasteiger partial charge is 0.0406 e. The lowest BCUT2D eigenvalue weighted by molar-refractivity contribution is 0.421. The van der Waals surface area contributed by atoms with Gasteiger partial charge in [-0.05, 0) is 38.5 Å². The van der Waals surface area contributed by atoms with Crippen LogP contribution in [0.5, 0.6) is 0 Å². The number of rotatable bonds is 5. The molecule has 1 aromatic carbocycles. The van der Waals surface area contributed by atoms with Gasteiger partial charge in [-0.1, -0.05) is 23.7 Å². The Labute approximate surface area is 103 Å². The molecule has 0 spiro atoms. The van der Waals surface area contributed by atoms with E-state index in [1.807, 2.05) is 24.3 Å². The Balaban J connectivity index is 2.14. The molecule has 0 atom stereocenters. The van der Waals surface area contributed by atoms with E-state index >= 15 is 0 Å². The third kappa shape index (κ3) is 6.11. The van der Waals surface area contributed by atoms with Crippen LogP contribution in [-0.2, 0) is 6.54 Å². The van der Waals surface area contributed by atoms with Crippen LogP contribution in [0.4, 0.5) is 0 Å². The quantitative estimate of drug-likeness (QED) is 0.774. The van der Waals surface area contributed by atoms with E-state index in [0.29, 0.717) is 0 Å². The van der Waals surface area contributed by atoms with Gasteiger partial charge in [0.25, 0.3) is 0 Å². The number of benzene rings is 1. The van der Waals surface area contributed by atoms with Crippen molar-refractivity contribution in [2.45, 2.75) is 32.9 Å². The molecule has 1 rings (SSSR count). The zero-order chi connectivity index (χ0) is 12.0. The summed E-state index contributed by atoms with van der Waals surface area (Å²) in [4.78, 5) is 0. The summed E-state index contributed by atoms with van der Waals surface area (Å²) in [5.74, 6) is 0. The molecule has 0 aliphatic heterocycles. The van der Waals surface area contributed by atoms with Gasteiger partial charge in [0, 0.05) is 30.2 Å². The Morgan fingerprint density at radius 2 is 1.69 bits per heavy atom. The van der Waals surface area contributed by atoms with Gasteiger partial charge in [-0.15, -0.1) is 0 Å². The molecule has 2 N–H and O–H groups in total. The van der Waals surface area contributed by atoms with Crippen molar-refractivity contribution in [1.82, 2.24) is 10.6 Å². The summed E-state index contributed by atoms with van der Waals surface area (Å²) in [5, 5.41) is 7.61. The highest BCUT2D eigenvalue weighted by Gasteiger charge is 2.06. The second kappa shape index (κ2) is 6.24. The highest BCUT2D eigenvalue weighted by Crippen LogP contribution is 2.08. The monoisotopic (exact) mass is 240 g/mol. The topological polar surface area (TPSA) is 24.1 Å². The van der Waals surface area contributed by atoms with Crippen molar-refractivity contribution in [3.8, 4) is 0 Å². The number of hydrogen-bond acceptors (Lipinski definition) is 2. The maximum Gasteiger partial charge on any atom is 0.0406 e. The molecule has 0 saturated heterocycles. The van der Waals surface area contributed by atoms with Crippen molar-refractivity contribution in [3.63, 3.8) is 0 Å². The standard InChI is InChI=1S/C13H21ClN2/c1-13(2,3)16-9-8-15-10-11-4-6-12(14)7-5-11/h4-7,15-16H,8-10H2,1-3H3. The molecular weight excluding hydrogens is 220 g/mol. The van der Waals surface area contributed by atoms with Gasteiger partial charge in [0.05, 0.1) is 0 Å². The molecule has 2 nitrogen and oxygen atoms in total. The summed E-state index contributed by atoms with van der Waals surface area (Å²) in [6, 6.07) is 7.94. The van der Waals surface area contributed by atoms with Gasteiger partial charge >= 0.3 is 0 Å². The van der Waals surface area contributed by atoms with Crippen LogP contribution in [0.2, 0.25) is 5.02 Å². The molecule has 0 bridgehead atoms. The first-order chi connectivity index (χ1) is 7.47. The van der Waals surface area contributed by atoms with Crippen molar-refractivity contribution in [1.29, 1.82) is 0 Å². The molecule has 0 aliphatic carbocycles. The molecule has 0 fully saturated rings. The Kier molecular flexibility index (Phi) is 5.26. The van der Waals surface area contributed by atoms with Crippen LogP contribution in [0.1, 0.15) is 26.3 Å². The van der Waals surface area contributed by atoms with Crippen molar-refractivity contribution in [3.05, 3.63) is 34.9 Å². The molecule has 0 saturated carbocycles. The lowest BCUT2D eigenvalue weighted by atomic mass is 10.1. The minimum absolute atomic E-state index is 0.196. The summed E-state index contributed by atoms with van der Waals surface area (Å²) < 4.78 is 0. The Hall–Kier alpha value is -0.570. The molecule has 0 heterocycles. The van der Waals surface area contributed by atoms with Crippen LogP contribution < -0.4 is 10.6 Å². The molecule has 0 aliphatic rings. The van der Waals surface area contributed by atoms with E-state index in [0.717, 1.165) is 24.7 Å². The van der Waals surface area contributed by atoms with Crippen molar-refractivity contribution < 1.29 is 0 Å². The summed E-state index contributed by atoms with van der Waals surface area (Å²) >= 11 is 5.82. The zero-order valence-corrected chi connectivity index (χ0v) is 11.1. The summed E-state index contributed by atoms with van der Waals surface area (Å²) in [7, 11) is 0. The third-order valence-corrected chi connectivity index (χ3v) is 2.45. The second-order valence-electron chi connectivity index (χ2n) is 4.98. The van der Waals surface area contributed by atoms with Crippen molar-refractivity contribution in [2.75, 3.05) is 13.1 Å². The summed E-state index contributed by atoms with van der Waals surface area (Å²) in [5.41, 5.74) is 1.46. The molecule has 0 amide bonds. The van der Waals surface area contributed by atoms with Crippen molar-refractivity contribution >= 4 is 11.6 Å². The van der Waals surface area contributed by atoms with E-state index in [1.165, 1.54) is 5.56 Å². The SMILES string of the molecule is CC(C)(C)NCCNCc1ccc(Cl)cc1. The van der Waals surface area contributed by atoms with E-state index < -0.39 is 0 Å². The largest absolute Gasteiger partial charge is 0.311 e. The Morgan fingerprint density at radius 3 is 2.25 bits per heavy atom. The normalized spacial score (nSPS) is 11.8. The fourth-order valence-corrected chi connectivity index (χ4v) is 1.49. The first kappa shape index (κ1) is 13.5. The zero-order valence-electron chi connectivity index (χ0n) is 10.3. The van der Waals surface area contributed by atoms with E-state index in [2.05, 4.69) is 31.4 Å². The molecule has 0 radical (unpaired) electrons. The molecular formula is C13H21ClN2. The van der Waals surface area contributed by atoms with Gasteiger partial charge < -0.3 is 10.6 Å². The van der Waals surface area contributed by atoms with Crippen LogP contribution in [0.3, 0.4) is 0 Å². The molecule has 3 heteroatoms. The predicted octanol–water partition coefficient (Wildman–Crippen LogP) is 2.82. The summed E-state index contributed by atoms with van der Waals surface area (Å²) in [6.45, 7) is 9.37. The first-order valence-electron chi connectivity index (χ1n) is 5.67.